The molecule has 4 aliphatic rings. The van der Waals surface area contributed by atoms with Crippen LogP contribution in [0.2, 0.25) is 0 Å². The lowest BCUT2D eigenvalue weighted by Gasteiger charge is -2.59. The van der Waals surface area contributed by atoms with Gasteiger partial charge in [0.1, 0.15) is 0 Å². The lowest BCUT2D eigenvalue weighted by molar-refractivity contribution is -0.0679. The highest BCUT2D eigenvalue weighted by atomic mass is 16.2. The molecule has 1 aromatic heterocycles. The summed E-state index contributed by atoms with van der Waals surface area (Å²) in [6.07, 6.45) is 8.17. The molecule has 4 saturated carbocycles. The van der Waals surface area contributed by atoms with Gasteiger partial charge in [-0.25, -0.2) is 14.8 Å². The quantitative estimate of drug-likeness (QED) is 0.792. The molecule has 0 spiro atoms. The number of amides is 2. The molecule has 0 radical (unpaired) electrons. The highest BCUT2D eigenvalue weighted by molar-refractivity contribution is 5.92. The van der Waals surface area contributed by atoms with Crippen molar-refractivity contribution < 1.29 is 4.79 Å². The Morgan fingerprint density at radius 2 is 1.57 bits per heavy atom. The molecule has 2 amide bonds. The first-order chi connectivity index (χ1) is 13.4. The van der Waals surface area contributed by atoms with Crippen molar-refractivity contribution in [2.75, 3.05) is 5.32 Å². The molecule has 0 aliphatic heterocycles. The van der Waals surface area contributed by atoms with Crippen molar-refractivity contribution in [3.63, 3.8) is 0 Å². The van der Waals surface area contributed by atoms with Gasteiger partial charge in [0.15, 0.2) is 0 Å². The highest BCUT2D eigenvalue weighted by Gasteiger charge is 2.53. The van der Waals surface area contributed by atoms with Gasteiger partial charge in [-0.1, -0.05) is 0 Å². The summed E-state index contributed by atoms with van der Waals surface area (Å²) in [6, 6.07) is 5.84. The van der Waals surface area contributed by atoms with Crippen LogP contribution in [0.15, 0.2) is 18.2 Å². The van der Waals surface area contributed by atoms with Crippen LogP contribution >= 0.6 is 0 Å². The first kappa shape index (κ1) is 17.9. The minimum absolute atomic E-state index is 0.112. The number of nitrogens with one attached hydrogen (secondary N) is 2. The molecule has 5 heteroatoms. The fourth-order valence-electron chi connectivity index (χ4n) is 6.53. The van der Waals surface area contributed by atoms with Crippen LogP contribution in [0.1, 0.15) is 56.8 Å². The van der Waals surface area contributed by atoms with Gasteiger partial charge in [-0.05, 0) is 101 Å². The van der Waals surface area contributed by atoms with Gasteiger partial charge in [-0.2, -0.15) is 0 Å². The van der Waals surface area contributed by atoms with Gasteiger partial charge in [0.05, 0.1) is 22.4 Å². The number of aromatic nitrogens is 2. The molecule has 5 nitrogen and oxygen atoms in total. The van der Waals surface area contributed by atoms with Gasteiger partial charge in [-0.3, -0.25) is 0 Å². The number of anilines is 1. The number of carbonyl (C=O) groups is 1. The lowest BCUT2D eigenvalue weighted by atomic mass is 9.48. The second kappa shape index (κ2) is 6.43. The van der Waals surface area contributed by atoms with Crippen LogP contribution in [-0.4, -0.2) is 22.0 Å². The van der Waals surface area contributed by atoms with Crippen molar-refractivity contribution in [1.29, 1.82) is 0 Å². The van der Waals surface area contributed by atoms with E-state index in [-0.39, 0.29) is 12.1 Å². The van der Waals surface area contributed by atoms with E-state index >= 15 is 0 Å². The normalized spacial score (nSPS) is 31.8. The van der Waals surface area contributed by atoms with E-state index in [9.17, 15) is 4.79 Å². The minimum Gasteiger partial charge on any atom is -0.335 e. The first-order valence-corrected chi connectivity index (χ1v) is 10.7. The summed E-state index contributed by atoms with van der Waals surface area (Å²) in [6.45, 7) is 6.14. The largest absolute Gasteiger partial charge is 0.335 e. The van der Waals surface area contributed by atoms with Crippen LogP contribution in [0.4, 0.5) is 10.5 Å². The third-order valence-corrected chi connectivity index (χ3v) is 7.68. The Balaban J connectivity index is 1.28. The Morgan fingerprint density at radius 1 is 1.00 bits per heavy atom. The molecule has 4 aliphatic carbocycles. The van der Waals surface area contributed by atoms with Gasteiger partial charge in [-0.15, -0.1) is 0 Å². The standard InChI is InChI=1S/C23H30N4O/c1-13-14(2)25-21-9-19(4-5-20(21)24-13)27-22(28)26-15(3)23-10-16-6-17(11-23)8-18(7-16)12-23/h4-5,9,15-18H,6-8,10-12H2,1-3H3,(H2,26,27,28). The first-order valence-electron chi connectivity index (χ1n) is 10.7. The molecule has 148 valence electrons. The molecular formula is C23H30N4O. The molecule has 28 heavy (non-hydrogen) atoms. The summed E-state index contributed by atoms with van der Waals surface area (Å²) in [5, 5.41) is 6.28. The number of fused-ring (bicyclic) bond motifs is 1. The fourth-order valence-corrected chi connectivity index (χ4v) is 6.53. The Labute approximate surface area is 166 Å². The number of aryl methyl sites for hydroxylation is 2. The fraction of sp³-hybridized carbons (Fsp3) is 0.609. The van der Waals surface area contributed by atoms with Crippen LogP contribution in [0.3, 0.4) is 0 Å². The van der Waals surface area contributed by atoms with Gasteiger partial charge < -0.3 is 10.6 Å². The molecule has 4 fully saturated rings. The molecular weight excluding hydrogens is 348 g/mol. The molecule has 1 aromatic carbocycles. The third kappa shape index (κ3) is 3.05. The number of hydrogen-bond donors (Lipinski definition) is 2. The number of carbonyl (C=O) groups excluding carboxylic acids is 1. The summed E-state index contributed by atoms with van der Waals surface area (Å²) in [5.41, 5.74) is 4.61. The molecule has 1 atom stereocenters. The average molecular weight is 379 g/mol. The summed E-state index contributed by atoms with van der Waals surface area (Å²) in [4.78, 5) is 21.9. The second-order valence-corrected chi connectivity index (χ2v) is 9.70. The van der Waals surface area contributed by atoms with E-state index in [1.165, 1.54) is 38.5 Å². The van der Waals surface area contributed by atoms with E-state index in [1.807, 2.05) is 32.0 Å². The van der Waals surface area contributed by atoms with Crippen LogP contribution < -0.4 is 10.6 Å². The molecule has 1 heterocycles. The molecule has 6 rings (SSSR count). The molecule has 2 N–H and O–H groups in total. The maximum atomic E-state index is 12.7. The predicted octanol–water partition coefficient (Wildman–Crippen LogP) is 4.97. The second-order valence-electron chi connectivity index (χ2n) is 9.70. The summed E-state index contributed by atoms with van der Waals surface area (Å²) in [7, 11) is 0. The topological polar surface area (TPSA) is 66.9 Å². The number of benzene rings is 1. The SMILES string of the molecule is Cc1nc2ccc(NC(=O)NC(C)C34CC5CC(CC(C5)C3)C4)cc2nc1C. The molecule has 0 saturated heterocycles. The minimum atomic E-state index is -0.112. The smallest absolute Gasteiger partial charge is 0.319 e. The average Bonchev–Trinajstić information content (AvgIpc) is 2.61. The Morgan fingerprint density at radius 3 is 2.18 bits per heavy atom. The summed E-state index contributed by atoms with van der Waals surface area (Å²) >= 11 is 0. The van der Waals surface area contributed by atoms with Gasteiger partial charge in [0.2, 0.25) is 0 Å². The van der Waals surface area contributed by atoms with E-state index in [2.05, 4.69) is 27.5 Å². The monoisotopic (exact) mass is 378 g/mol. The van der Waals surface area contributed by atoms with E-state index in [0.29, 0.717) is 5.41 Å². The number of nitrogens with zero attached hydrogens (tertiary/aromatic N) is 2. The Bertz CT molecular complexity index is 902. The van der Waals surface area contributed by atoms with Crippen molar-refractivity contribution in [2.45, 2.75) is 65.3 Å². The predicted molar refractivity (Wildman–Crippen MR) is 111 cm³/mol. The molecule has 1 unspecified atom stereocenters. The van der Waals surface area contributed by atoms with Crippen molar-refractivity contribution in [3.8, 4) is 0 Å². The van der Waals surface area contributed by atoms with Crippen LogP contribution in [0.5, 0.6) is 0 Å². The van der Waals surface area contributed by atoms with Gasteiger partial charge >= 0.3 is 6.03 Å². The summed E-state index contributed by atoms with van der Waals surface area (Å²) < 4.78 is 0. The molecule has 4 bridgehead atoms. The van der Waals surface area contributed by atoms with E-state index in [1.54, 1.807) is 0 Å². The highest BCUT2D eigenvalue weighted by Crippen LogP contribution is 2.61. The van der Waals surface area contributed by atoms with Crippen LogP contribution in [0.25, 0.3) is 11.0 Å². The number of rotatable bonds is 3. The van der Waals surface area contributed by atoms with Gasteiger partial charge in [0.25, 0.3) is 0 Å². The Hall–Kier alpha value is -2.17. The zero-order valence-corrected chi connectivity index (χ0v) is 17.1. The zero-order chi connectivity index (χ0) is 19.5. The van der Waals surface area contributed by atoms with Gasteiger partial charge in [0, 0.05) is 11.7 Å². The third-order valence-electron chi connectivity index (χ3n) is 7.68. The van der Waals surface area contributed by atoms with E-state index < -0.39 is 0 Å². The zero-order valence-electron chi connectivity index (χ0n) is 17.1. The van der Waals surface area contributed by atoms with Crippen molar-refractivity contribution >= 4 is 22.8 Å². The molecule has 2 aromatic rings. The van der Waals surface area contributed by atoms with E-state index in [4.69, 9.17) is 0 Å². The van der Waals surface area contributed by atoms with Crippen LogP contribution in [0, 0.1) is 37.0 Å². The summed E-state index contributed by atoms with van der Waals surface area (Å²) in [5.74, 6) is 2.68. The van der Waals surface area contributed by atoms with E-state index in [0.717, 1.165) is 45.9 Å². The maximum absolute atomic E-state index is 12.7. The lowest BCUT2D eigenvalue weighted by Crippen LogP contribution is -2.56. The number of hydrogen-bond acceptors (Lipinski definition) is 3. The van der Waals surface area contributed by atoms with Crippen molar-refractivity contribution in [2.24, 2.45) is 23.2 Å². The Kier molecular flexibility index (Phi) is 4.11. The van der Waals surface area contributed by atoms with Crippen LogP contribution in [-0.2, 0) is 0 Å². The number of urea groups is 1. The van der Waals surface area contributed by atoms with Crippen molar-refractivity contribution in [1.82, 2.24) is 15.3 Å². The van der Waals surface area contributed by atoms with Crippen molar-refractivity contribution in [3.05, 3.63) is 29.6 Å². The maximum Gasteiger partial charge on any atom is 0.319 e.